The van der Waals surface area contributed by atoms with Crippen LogP contribution in [0.3, 0.4) is 0 Å². The molecular weight excluding hydrogens is 387 g/mol. The second kappa shape index (κ2) is 10.8. The molecule has 0 aromatic heterocycles. The summed E-state index contributed by atoms with van der Waals surface area (Å²) in [6.07, 6.45) is 2.74. The van der Waals surface area contributed by atoms with E-state index in [0.717, 1.165) is 44.7 Å². The Balaban J connectivity index is 0.00000242. The number of rotatable bonds is 8. The molecule has 1 aliphatic rings. The second-order valence-corrected chi connectivity index (χ2v) is 5.47. The summed E-state index contributed by atoms with van der Waals surface area (Å²) in [6, 6.07) is 11.2. The van der Waals surface area contributed by atoms with Crippen LogP contribution in [0, 0.1) is 0 Å². The minimum Gasteiger partial charge on any atom is -0.357 e. The number of nitrogens with one attached hydrogen (secondary N) is 2. The van der Waals surface area contributed by atoms with Crippen LogP contribution in [0.1, 0.15) is 32.3 Å². The van der Waals surface area contributed by atoms with Crippen LogP contribution in [-0.4, -0.2) is 43.1 Å². The predicted octanol–water partition coefficient (Wildman–Crippen LogP) is 2.84. The molecule has 1 aliphatic carbocycles. The van der Waals surface area contributed by atoms with Crippen molar-refractivity contribution in [2.45, 2.75) is 39.3 Å². The maximum atomic E-state index is 4.64. The molecule has 0 aliphatic heterocycles. The second-order valence-electron chi connectivity index (χ2n) is 5.47. The lowest BCUT2D eigenvalue weighted by Crippen LogP contribution is -2.42. The predicted molar refractivity (Wildman–Crippen MR) is 105 cm³/mol. The number of aliphatic imine (C=N–C) groups is 1. The molecule has 0 heterocycles. The molecule has 22 heavy (non-hydrogen) atoms. The Bertz CT molecular complexity index is 432. The van der Waals surface area contributed by atoms with E-state index in [0.29, 0.717) is 0 Å². The van der Waals surface area contributed by atoms with Gasteiger partial charge in [-0.1, -0.05) is 37.3 Å². The molecule has 124 valence electrons. The van der Waals surface area contributed by atoms with Gasteiger partial charge in [0, 0.05) is 25.7 Å². The van der Waals surface area contributed by atoms with Gasteiger partial charge < -0.3 is 10.6 Å². The molecule has 1 aromatic rings. The fraction of sp³-hybridized carbons (Fsp3) is 0.588. The molecule has 0 radical (unpaired) electrons. The minimum absolute atomic E-state index is 0. The summed E-state index contributed by atoms with van der Waals surface area (Å²) in [4.78, 5) is 7.19. The highest BCUT2D eigenvalue weighted by molar-refractivity contribution is 14.0. The van der Waals surface area contributed by atoms with Crippen molar-refractivity contribution >= 4 is 29.9 Å². The molecule has 0 amide bonds. The van der Waals surface area contributed by atoms with Crippen molar-refractivity contribution in [1.29, 1.82) is 0 Å². The van der Waals surface area contributed by atoms with Crippen molar-refractivity contribution < 1.29 is 0 Å². The number of nitrogens with zero attached hydrogens (tertiary/aromatic N) is 2. The van der Waals surface area contributed by atoms with Crippen molar-refractivity contribution in [2.75, 3.05) is 26.2 Å². The molecule has 0 saturated heterocycles. The van der Waals surface area contributed by atoms with Gasteiger partial charge >= 0.3 is 0 Å². The SMILES string of the molecule is CCNC(=NCc1ccccc1)NCCN(CC)C1CC1.I. The summed E-state index contributed by atoms with van der Waals surface area (Å²) in [5, 5.41) is 6.75. The Morgan fingerprint density at radius 3 is 2.50 bits per heavy atom. The van der Waals surface area contributed by atoms with Crippen LogP contribution in [0.25, 0.3) is 0 Å². The van der Waals surface area contributed by atoms with E-state index in [1.807, 2.05) is 6.07 Å². The van der Waals surface area contributed by atoms with Gasteiger partial charge in [0.15, 0.2) is 5.96 Å². The van der Waals surface area contributed by atoms with Crippen molar-refractivity contribution in [3.8, 4) is 0 Å². The molecule has 5 heteroatoms. The summed E-state index contributed by atoms with van der Waals surface area (Å²) in [6.45, 7) is 9.14. The first-order valence-corrected chi connectivity index (χ1v) is 8.13. The van der Waals surface area contributed by atoms with Crippen LogP contribution in [-0.2, 0) is 6.54 Å². The van der Waals surface area contributed by atoms with Gasteiger partial charge in [-0.2, -0.15) is 0 Å². The normalized spacial score (nSPS) is 14.6. The highest BCUT2D eigenvalue weighted by Gasteiger charge is 2.27. The quantitative estimate of drug-likeness (QED) is 0.389. The summed E-state index contributed by atoms with van der Waals surface area (Å²) in [7, 11) is 0. The average molecular weight is 416 g/mol. The molecule has 1 fully saturated rings. The van der Waals surface area contributed by atoms with Crippen molar-refractivity contribution in [1.82, 2.24) is 15.5 Å². The average Bonchev–Trinajstić information content (AvgIpc) is 3.35. The van der Waals surface area contributed by atoms with Crippen LogP contribution in [0.4, 0.5) is 0 Å². The fourth-order valence-electron chi connectivity index (χ4n) is 2.45. The molecule has 0 bridgehead atoms. The van der Waals surface area contributed by atoms with E-state index < -0.39 is 0 Å². The summed E-state index contributed by atoms with van der Waals surface area (Å²) in [5.74, 6) is 0.910. The first kappa shape index (κ1) is 19.2. The van der Waals surface area contributed by atoms with E-state index in [1.165, 1.54) is 18.4 Å². The molecule has 1 saturated carbocycles. The van der Waals surface area contributed by atoms with E-state index >= 15 is 0 Å². The lowest BCUT2D eigenvalue weighted by molar-refractivity contribution is 0.282. The maximum absolute atomic E-state index is 4.64. The van der Waals surface area contributed by atoms with E-state index in [4.69, 9.17) is 0 Å². The summed E-state index contributed by atoms with van der Waals surface area (Å²) < 4.78 is 0. The van der Waals surface area contributed by atoms with Gasteiger partial charge in [0.2, 0.25) is 0 Å². The number of halogens is 1. The number of likely N-dealkylation sites (N-methyl/N-ethyl adjacent to an activating group) is 1. The third-order valence-corrected chi connectivity index (χ3v) is 3.77. The Hall–Kier alpha value is -0.820. The third-order valence-electron chi connectivity index (χ3n) is 3.77. The third kappa shape index (κ3) is 6.96. The molecule has 0 spiro atoms. The first-order chi connectivity index (χ1) is 10.3. The highest BCUT2D eigenvalue weighted by atomic mass is 127. The van der Waals surface area contributed by atoms with Gasteiger partial charge in [-0.15, -0.1) is 24.0 Å². The lowest BCUT2D eigenvalue weighted by Gasteiger charge is -2.20. The van der Waals surface area contributed by atoms with Crippen LogP contribution in [0.2, 0.25) is 0 Å². The Kier molecular flexibility index (Phi) is 9.47. The zero-order valence-electron chi connectivity index (χ0n) is 13.7. The van der Waals surface area contributed by atoms with Crippen LogP contribution < -0.4 is 10.6 Å². The van der Waals surface area contributed by atoms with Gasteiger partial charge in [-0.3, -0.25) is 4.90 Å². The lowest BCUT2D eigenvalue weighted by atomic mass is 10.2. The van der Waals surface area contributed by atoms with Gasteiger partial charge in [0.05, 0.1) is 6.54 Å². The molecule has 2 rings (SSSR count). The van der Waals surface area contributed by atoms with Gasteiger partial charge in [-0.25, -0.2) is 4.99 Å². The van der Waals surface area contributed by atoms with Crippen LogP contribution in [0.15, 0.2) is 35.3 Å². The zero-order chi connectivity index (χ0) is 14.9. The maximum Gasteiger partial charge on any atom is 0.191 e. The standard InChI is InChI=1S/C17H28N4.HI/c1-3-18-17(20-14-15-8-6-5-7-9-15)19-12-13-21(4-2)16-10-11-16;/h5-9,16H,3-4,10-14H2,1-2H3,(H2,18,19,20);1H. The van der Waals surface area contributed by atoms with Gasteiger partial charge in [0.1, 0.15) is 0 Å². The number of hydrogen-bond donors (Lipinski definition) is 2. The van der Waals surface area contributed by atoms with E-state index in [9.17, 15) is 0 Å². The summed E-state index contributed by atoms with van der Waals surface area (Å²) in [5.41, 5.74) is 1.24. The van der Waals surface area contributed by atoms with E-state index in [1.54, 1.807) is 0 Å². The van der Waals surface area contributed by atoms with Crippen molar-refractivity contribution in [3.63, 3.8) is 0 Å². The zero-order valence-corrected chi connectivity index (χ0v) is 16.0. The van der Waals surface area contributed by atoms with Crippen molar-refractivity contribution in [3.05, 3.63) is 35.9 Å². The van der Waals surface area contributed by atoms with Crippen LogP contribution >= 0.6 is 24.0 Å². The number of hydrogen-bond acceptors (Lipinski definition) is 2. The highest BCUT2D eigenvalue weighted by Crippen LogP contribution is 2.25. The van der Waals surface area contributed by atoms with Gasteiger partial charge in [-0.05, 0) is 31.9 Å². The molecule has 0 atom stereocenters. The van der Waals surface area contributed by atoms with Crippen LogP contribution in [0.5, 0.6) is 0 Å². The Morgan fingerprint density at radius 2 is 1.91 bits per heavy atom. The Labute approximate surface area is 151 Å². The van der Waals surface area contributed by atoms with Gasteiger partial charge in [0.25, 0.3) is 0 Å². The largest absolute Gasteiger partial charge is 0.357 e. The van der Waals surface area contributed by atoms with Crippen molar-refractivity contribution in [2.24, 2.45) is 4.99 Å². The smallest absolute Gasteiger partial charge is 0.191 e. The molecule has 0 unspecified atom stereocenters. The number of guanidine groups is 1. The molecular formula is C17H29IN4. The monoisotopic (exact) mass is 416 g/mol. The van der Waals surface area contributed by atoms with E-state index in [-0.39, 0.29) is 24.0 Å². The Morgan fingerprint density at radius 1 is 1.18 bits per heavy atom. The summed E-state index contributed by atoms with van der Waals surface area (Å²) >= 11 is 0. The molecule has 1 aromatic carbocycles. The fourth-order valence-corrected chi connectivity index (χ4v) is 2.45. The molecule has 4 nitrogen and oxygen atoms in total. The number of benzene rings is 1. The topological polar surface area (TPSA) is 39.7 Å². The minimum atomic E-state index is 0. The first-order valence-electron chi connectivity index (χ1n) is 8.13. The van der Waals surface area contributed by atoms with E-state index in [2.05, 4.69) is 58.6 Å². The molecule has 2 N–H and O–H groups in total.